The van der Waals surface area contributed by atoms with Crippen LogP contribution in [-0.2, 0) is 14.2 Å². The average Bonchev–Trinajstić information content (AvgIpc) is 3.58. The summed E-state index contributed by atoms with van der Waals surface area (Å²) >= 11 is 0. The topological polar surface area (TPSA) is 146 Å². The molecule has 0 aromatic heterocycles. The summed E-state index contributed by atoms with van der Waals surface area (Å²) in [5.41, 5.74) is 18.7. The first-order valence-corrected chi connectivity index (χ1v) is 8.84. The van der Waals surface area contributed by atoms with Gasteiger partial charge in [-0.25, -0.2) is 0 Å². The monoisotopic (exact) mass is 385 g/mol. The standard InChI is InChI=1S/C14H13N3O2.C6H10O3/c15-10-4-1-8(2-5-10)12-7-9(13(16)18)3-6-11(12)14(17)19;1(5-3-8-5)7-2-6-4-9-6/h1-7H,15H2,(H2,16,18)(H2,17,19);5-6H,1-4H2. The van der Waals surface area contributed by atoms with Crippen LogP contribution in [0.15, 0.2) is 42.5 Å². The lowest BCUT2D eigenvalue weighted by atomic mass is 9.96. The Balaban J connectivity index is 0.000000206. The number of epoxide rings is 2. The zero-order valence-electron chi connectivity index (χ0n) is 15.3. The lowest BCUT2D eigenvalue weighted by Crippen LogP contribution is -2.15. The molecule has 2 aliphatic rings. The Morgan fingerprint density at radius 2 is 1.50 bits per heavy atom. The van der Waals surface area contributed by atoms with Crippen LogP contribution in [0.1, 0.15) is 20.7 Å². The number of ether oxygens (including phenoxy) is 3. The van der Waals surface area contributed by atoms with Gasteiger partial charge in [-0.15, -0.1) is 0 Å². The van der Waals surface area contributed by atoms with E-state index in [1.807, 2.05) is 0 Å². The first-order chi connectivity index (χ1) is 13.4. The number of hydrogen-bond acceptors (Lipinski definition) is 6. The second kappa shape index (κ2) is 8.83. The molecule has 4 rings (SSSR count). The lowest BCUT2D eigenvalue weighted by Gasteiger charge is -2.09. The molecule has 0 saturated carbocycles. The lowest BCUT2D eigenvalue weighted by molar-refractivity contribution is 0.0989. The Labute approximate surface area is 162 Å². The molecule has 2 amide bonds. The van der Waals surface area contributed by atoms with Crippen LogP contribution in [-0.4, -0.2) is 50.4 Å². The molecule has 6 N–H and O–H groups in total. The summed E-state index contributed by atoms with van der Waals surface area (Å²) in [4.78, 5) is 22.6. The fourth-order valence-corrected chi connectivity index (χ4v) is 2.47. The number of rotatable bonds is 7. The van der Waals surface area contributed by atoms with Crippen molar-refractivity contribution in [3.8, 4) is 11.1 Å². The second-order valence-electron chi connectivity index (χ2n) is 6.56. The van der Waals surface area contributed by atoms with Gasteiger partial charge in [0.05, 0.1) is 26.4 Å². The van der Waals surface area contributed by atoms with Crippen LogP contribution in [0.3, 0.4) is 0 Å². The highest BCUT2D eigenvalue weighted by atomic mass is 16.6. The molecule has 2 aromatic rings. The van der Waals surface area contributed by atoms with Crippen molar-refractivity contribution in [1.29, 1.82) is 0 Å². The van der Waals surface area contributed by atoms with Gasteiger partial charge in [0.1, 0.15) is 12.2 Å². The van der Waals surface area contributed by atoms with E-state index in [9.17, 15) is 9.59 Å². The molecule has 0 aliphatic carbocycles. The number of anilines is 1. The number of carbonyl (C=O) groups is 2. The van der Waals surface area contributed by atoms with Crippen molar-refractivity contribution in [3.63, 3.8) is 0 Å². The summed E-state index contributed by atoms with van der Waals surface area (Å²) in [6.45, 7) is 3.26. The van der Waals surface area contributed by atoms with Gasteiger partial charge in [-0.1, -0.05) is 12.1 Å². The summed E-state index contributed by atoms with van der Waals surface area (Å²) < 4.78 is 15.1. The minimum absolute atomic E-state index is 0.317. The molecule has 2 atom stereocenters. The normalized spacial score (nSPS) is 19.3. The van der Waals surface area contributed by atoms with Crippen LogP contribution in [0.25, 0.3) is 11.1 Å². The summed E-state index contributed by atoms with van der Waals surface area (Å²) in [6, 6.07) is 11.4. The van der Waals surface area contributed by atoms with Crippen LogP contribution in [0, 0.1) is 0 Å². The van der Waals surface area contributed by atoms with E-state index in [0.717, 1.165) is 32.0 Å². The van der Waals surface area contributed by atoms with Crippen molar-refractivity contribution < 1.29 is 23.8 Å². The van der Waals surface area contributed by atoms with Crippen LogP contribution >= 0.6 is 0 Å². The number of nitrogen functional groups attached to an aromatic ring is 1. The van der Waals surface area contributed by atoms with Gasteiger partial charge in [-0.2, -0.15) is 0 Å². The molecule has 2 fully saturated rings. The summed E-state index contributed by atoms with van der Waals surface area (Å²) in [5.74, 6) is -1.13. The molecule has 2 aromatic carbocycles. The van der Waals surface area contributed by atoms with E-state index >= 15 is 0 Å². The first kappa shape index (κ1) is 19.8. The van der Waals surface area contributed by atoms with Gasteiger partial charge in [0, 0.05) is 16.8 Å². The van der Waals surface area contributed by atoms with Gasteiger partial charge < -0.3 is 31.4 Å². The highest BCUT2D eigenvalue weighted by Crippen LogP contribution is 2.25. The summed E-state index contributed by atoms with van der Waals surface area (Å²) in [5, 5.41) is 0. The maximum atomic E-state index is 11.4. The number of primary amides is 2. The quantitative estimate of drug-likeness (QED) is 0.477. The first-order valence-electron chi connectivity index (χ1n) is 8.84. The predicted molar refractivity (Wildman–Crippen MR) is 104 cm³/mol. The molecule has 2 saturated heterocycles. The third kappa shape index (κ3) is 5.78. The highest BCUT2D eigenvalue weighted by Gasteiger charge is 2.26. The van der Waals surface area contributed by atoms with Gasteiger partial charge in [-0.05, 0) is 41.5 Å². The molecule has 0 spiro atoms. The summed E-state index contributed by atoms with van der Waals surface area (Å²) in [6.07, 6.45) is 0.785. The molecule has 2 aliphatic heterocycles. The van der Waals surface area contributed by atoms with Crippen molar-refractivity contribution in [2.24, 2.45) is 11.5 Å². The zero-order valence-corrected chi connectivity index (χ0v) is 15.3. The van der Waals surface area contributed by atoms with Gasteiger partial charge in [0.2, 0.25) is 11.8 Å². The minimum atomic E-state index is -0.567. The second-order valence-corrected chi connectivity index (χ2v) is 6.56. The molecule has 2 unspecified atom stereocenters. The Morgan fingerprint density at radius 1 is 0.929 bits per heavy atom. The summed E-state index contributed by atoms with van der Waals surface area (Å²) in [7, 11) is 0. The van der Waals surface area contributed by atoms with E-state index in [0.29, 0.717) is 34.6 Å². The molecular formula is C20H23N3O5. The van der Waals surface area contributed by atoms with Crippen molar-refractivity contribution in [2.75, 3.05) is 32.2 Å². The third-order valence-corrected chi connectivity index (χ3v) is 4.20. The Bertz CT molecular complexity index is 833. The Hall–Kier alpha value is -2.94. The molecule has 8 nitrogen and oxygen atoms in total. The fraction of sp³-hybridized carbons (Fsp3) is 0.300. The predicted octanol–water partition coefficient (Wildman–Crippen LogP) is 0.934. The number of benzene rings is 2. The van der Waals surface area contributed by atoms with Crippen LogP contribution in [0.2, 0.25) is 0 Å². The number of nitrogens with two attached hydrogens (primary N) is 3. The number of amides is 2. The van der Waals surface area contributed by atoms with E-state index < -0.39 is 11.8 Å². The van der Waals surface area contributed by atoms with E-state index in [4.69, 9.17) is 31.4 Å². The Morgan fingerprint density at radius 3 is 1.96 bits per heavy atom. The highest BCUT2D eigenvalue weighted by molar-refractivity contribution is 6.02. The third-order valence-electron chi connectivity index (χ3n) is 4.20. The van der Waals surface area contributed by atoms with Gasteiger partial charge in [-0.3, -0.25) is 9.59 Å². The average molecular weight is 385 g/mol. The van der Waals surface area contributed by atoms with Crippen LogP contribution in [0.5, 0.6) is 0 Å². The van der Waals surface area contributed by atoms with Crippen LogP contribution < -0.4 is 17.2 Å². The van der Waals surface area contributed by atoms with Crippen molar-refractivity contribution >= 4 is 17.5 Å². The van der Waals surface area contributed by atoms with Crippen molar-refractivity contribution in [3.05, 3.63) is 53.6 Å². The molecular weight excluding hydrogens is 362 g/mol. The van der Waals surface area contributed by atoms with E-state index in [2.05, 4.69) is 0 Å². The van der Waals surface area contributed by atoms with Crippen molar-refractivity contribution in [2.45, 2.75) is 12.2 Å². The maximum absolute atomic E-state index is 11.4. The number of hydrogen-bond donors (Lipinski definition) is 3. The largest absolute Gasteiger partial charge is 0.399 e. The molecule has 8 heteroatoms. The van der Waals surface area contributed by atoms with Crippen LogP contribution in [0.4, 0.5) is 5.69 Å². The minimum Gasteiger partial charge on any atom is -0.399 e. The van der Waals surface area contributed by atoms with E-state index in [1.165, 1.54) is 12.1 Å². The molecule has 2 heterocycles. The fourth-order valence-electron chi connectivity index (χ4n) is 2.47. The van der Waals surface area contributed by atoms with Crippen molar-refractivity contribution in [1.82, 2.24) is 0 Å². The van der Waals surface area contributed by atoms with E-state index in [-0.39, 0.29) is 0 Å². The Kier molecular flexibility index (Phi) is 6.25. The van der Waals surface area contributed by atoms with E-state index in [1.54, 1.807) is 30.3 Å². The smallest absolute Gasteiger partial charge is 0.249 e. The zero-order chi connectivity index (χ0) is 20.1. The SMILES string of the molecule is C(OCC1CO1)C1CO1.NC(=O)c1ccc(C(N)=O)c(-c2ccc(N)cc2)c1. The van der Waals surface area contributed by atoms with Gasteiger partial charge in [0.15, 0.2) is 0 Å². The molecule has 0 radical (unpaired) electrons. The molecule has 28 heavy (non-hydrogen) atoms. The maximum Gasteiger partial charge on any atom is 0.249 e. The van der Waals surface area contributed by atoms with Gasteiger partial charge >= 0.3 is 0 Å². The number of carbonyl (C=O) groups excluding carboxylic acids is 2. The molecule has 0 bridgehead atoms. The van der Waals surface area contributed by atoms with Gasteiger partial charge in [0.25, 0.3) is 0 Å². The molecule has 148 valence electrons.